The molecule has 16 nitrogen and oxygen atoms in total. The molecule has 0 saturated carbocycles. The fourth-order valence-electron chi connectivity index (χ4n) is 7.50. The van der Waals surface area contributed by atoms with E-state index in [4.69, 9.17) is 42.9 Å². The summed E-state index contributed by atoms with van der Waals surface area (Å²) in [5.41, 5.74) is 9.16. The highest BCUT2D eigenvalue weighted by molar-refractivity contribution is 6.40. The largest absolute Gasteiger partial charge is 0.496 e. The molecule has 3 amide bonds. The van der Waals surface area contributed by atoms with Crippen molar-refractivity contribution in [2.45, 2.75) is 71.1 Å². The summed E-state index contributed by atoms with van der Waals surface area (Å²) in [6.07, 6.45) is -1.23. The number of pyridine rings is 2. The first-order valence-electron chi connectivity index (χ1n) is 23.3. The maximum atomic E-state index is 12.7. The van der Waals surface area contributed by atoms with Crippen molar-refractivity contribution in [3.63, 3.8) is 0 Å². The van der Waals surface area contributed by atoms with Crippen LogP contribution >= 0.6 is 35.6 Å². The quantitative estimate of drug-likeness (QED) is 0.0531. The minimum Gasteiger partial charge on any atom is -0.496 e. The number of nitrogens with zero attached hydrogens (tertiary/aromatic N) is 3. The average Bonchev–Trinajstić information content (AvgIpc) is 3.39. The van der Waals surface area contributed by atoms with Crippen molar-refractivity contribution < 1.29 is 62.9 Å². The van der Waals surface area contributed by atoms with Gasteiger partial charge in [0.1, 0.15) is 35.9 Å². The molecule has 0 unspecified atom stereocenters. The maximum absolute atomic E-state index is 12.7. The van der Waals surface area contributed by atoms with Crippen LogP contribution in [0.2, 0.25) is 0 Å². The van der Waals surface area contributed by atoms with Crippen molar-refractivity contribution in [1.29, 1.82) is 0 Å². The normalized spacial score (nSPS) is 14.6. The summed E-state index contributed by atoms with van der Waals surface area (Å²) in [5, 5.41) is 65.5. The Morgan fingerprint density at radius 2 is 1.29 bits per heavy atom. The number of benzene rings is 3. The number of para-hydroxylation sites is 1. The molecule has 75 heavy (non-hydrogen) atoms. The number of aryl methyl sites for hydroxylation is 4. The van der Waals surface area contributed by atoms with Gasteiger partial charge in [-0.1, -0.05) is 36.4 Å². The summed E-state index contributed by atoms with van der Waals surface area (Å²) in [7, 11) is 1.12. The van der Waals surface area contributed by atoms with Gasteiger partial charge in [-0.25, -0.2) is 9.59 Å². The van der Waals surface area contributed by atoms with Gasteiger partial charge < -0.3 is 55.6 Å². The van der Waals surface area contributed by atoms with Crippen molar-refractivity contribution in [3.05, 3.63) is 154 Å². The first-order valence-corrected chi connectivity index (χ1v) is 24.3. The molecule has 22 heteroatoms. The third-order valence-corrected chi connectivity index (χ3v) is 11.6. The number of hydrogen-bond acceptors (Lipinski definition) is 13. The second kappa shape index (κ2) is 31.3. The molecule has 0 bridgehead atoms. The summed E-state index contributed by atoms with van der Waals surface area (Å²) >= 11 is 9.53. The number of ether oxygens (including phenoxy) is 2. The number of carbonyl (C=O) groups excluding carboxylic acids is 2. The standard InChI is InChI=1S/C23H29N3O4.C15H12F3NO3.C14H20N2O3.CH2Cl2.ClH/c1-14-4-5-19(11-15(14)2)25-23(30)26-8-6-17(7-9-26)21-16(3)10-18(12-24-21)22(29)20(28)13-27;1-21-13-9-10(7-8-12(13)15(16,17)18)19-14(20)22-11-5-3-2-4-6-11;1-9-6-11(14(19)12(18)8-17)7-16-13(9)10-2-4-15-5-3-10;2-1-3;/h4-6,10-12,20,22,27-29H,7-9,13H2,1-3H3,(H,25,30);2-9H,1H3,(H,19,20);2,6-7,12,14-15,17-19H,3-5,8H2,1H3;1H2;1H/t20-,22-;;12-,14-;;/m0.0../s1. The van der Waals surface area contributed by atoms with Crippen molar-refractivity contribution in [1.82, 2.24) is 20.2 Å². The van der Waals surface area contributed by atoms with Crippen LogP contribution in [-0.2, 0) is 6.18 Å². The lowest BCUT2D eigenvalue weighted by molar-refractivity contribution is -0.138. The summed E-state index contributed by atoms with van der Waals surface area (Å²) in [6, 6.07) is 20.6. The van der Waals surface area contributed by atoms with Gasteiger partial charge in [0.2, 0.25) is 0 Å². The lowest BCUT2D eigenvalue weighted by atomic mass is 9.98. The molecule has 0 spiro atoms. The lowest BCUT2D eigenvalue weighted by Crippen LogP contribution is -2.38. The number of methoxy groups -OCH3 is 1. The van der Waals surface area contributed by atoms with Crippen molar-refractivity contribution in [3.8, 4) is 11.5 Å². The van der Waals surface area contributed by atoms with Crippen LogP contribution in [0.4, 0.5) is 34.1 Å². The van der Waals surface area contributed by atoms with Crippen LogP contribution in [0.25, 0.3) is 11.1 Å². The van der Waals surface area contributed by atoms with Gasteiger partial charge in [-0.05, 0) is 129 Å². The van der Waals surface area contributed by atoms with E-state index < -0.39 is 55.5 Å². The number of nitrogens with one attached hydrogen (secondary N) is 3. The monoisotopic (exact) mass is 1110 g/mol. The van der Waals surface area contributed by atoms with E-state index in [0.29, 0.717) is 36.4 Å². The molecular formula is C53H64Cl3F3N6O10. The molecule has 4 heterocycles. The van der Waals surface area contributed by atoms with Gasteiger partial charge in [0.15, 0.2) is 0 Å². The number of halogens is 6. The zero-order valence-electron chi connectivity index (χ0n) is 41.9. The SMILES string of the molecule is COc1cc(NC(=O)Oc2ccccc2)ccc1C(F)(F)F.Cc1cc([C@H](O)[C@@H](O)CO)cnc1C1=CCNCC1.Cc1ccc(NC(=O)N2CC=C(c3ncc([C@H](O)[C@@H](O)CO)cc3C)CC2)cc1C.Cl.ClCCl. The van der Waals surface area contributed by atoms with Crippen LogP contribution in [0.5, 0.6) is 11.5 Å². The van der Waals surface area contributed by atoms with Gasteiger partial charge >= 0.3 is 18.3 Å². The molecule has 7 rings (SSSR count). The first-order chi connectivity index (χ1) is 35.2. The Bertz CT molecular complexity index is 2690. The van der Waals surface area contributed by atoms with Gasteiger partial charge in [-0.15, -0.1) is 35.6 Å². The topological polar surface area (TPSA) is 239 Å². The zero-order chi connectivity index (χ0) is 54.5. The van der Waals surface area contributed by atoms with Gasteiger partial charge in [0.25, 0.3) is 0 Å². The van der Waals surface area contributed by atoms with Crippen LogP contribution in [0.3, 0.4) is 0 Å². The zero-order valence-corrected chi connectivity index (χ0v) is 44.3. The van der Waals surface area contributed by atoms with Gasteiger partial charge in [0, 0.05) is 60.6 Å². The molecule has 0 aliphatic carbocycles. The predicted molar refractivity (Wildman–Crippen MR) is 287 cm³/mol. The van der Waals surface area contributed by atoms with Crippen molar-refractivity contribution in [2.75, 3.05) is 62.5 Å². The average molecular weight is 1110 g/mol. The Hall–Kier alpha value is -5.84. The van der Waals surface area contributed by atoms with Gasteiger partial charge in [-0.2, -0.15) is 13.2 Å². The smallest absolute Gasteiger partial charge is 0.419 e. The molecule has 408 valence electrons. The third-order valence-electron chi connectivity index (χ3n) is 11.6. The maximum Gasteiger partial charge on any atom is 0.419 e. The fourth-order valence-corrected chi connectivity index (χ4v) is 7.50. The molecule has 0 radical (unpaired) electrons. The summed E-state index contributed by atoms with van der Waals surface area (Å²) in [5.74, 6) is -0.0658. The third kappa shape index (κ3) is 19.4. The Kier molecular flexibility index (Phi) is 26.5. The van der Waals surface area contributed by atoms with Gasteiger partial charge in [-0.3, -0.25) is 15.3 Å². The Labute approximate surface area is 450 Å². The van der Waals surface area contributed by atoms with E-state index in [9.17, 15) is 43.2 Å². The summed E-state index contributed by atoms with van der Waals surface area (Å²) < 4.78 is 47.9. The van der Waals surface area contributed by atoms with Crippen LogP contribution in [0.1, 0.15) is 75.4 Å². The second-order valence-corrected chi connectivity index (χ2v) is 17.7. The van der Waals surface area contributed by atoms with Crippen LogP contribution < -0.4 is 25.4 Å². The number of aliphatic hydroxyl groups excluding tert-OH is 6. The number of anilines is 2. The first kappa shape index (κ1) is 63.5. The van der Waals surface area contributed by atoms with Crippen LogP contribution in [0.15, 0.2) is 103 Å². The highest BCUT2D eigenvalue weighted by Crippen LogP contribution is 2.37. The van der Waals surface area contributed by atoms with Gasteiger partial charge in [0.05, 0.1) is 42.6 Å². The number of rotatable bonds is 12. The molecule has 4 atom stereocenters. The fraction of sp³-hybridized carbons (Fsp3) is 0.358. The molecule has 2 aliphatic rings. The molecule has 3 aromatic carbocycles. The van der Waals surface area contributed by atoms with Crippen LogP contribution in [-0.4, -0.2) is 122 Å². The van der Waals surface area contributed by atoms with E-state index in [1.165, 1.54) is 17.3 Å². The van der Waals surface area contributed by atoms with E-state index in [-0.39, 0.29) is 35.2 Å². The number of alkyl halides is 5. The van der Waals surface area contributed by atoms with Crippen LogP contribution in [0, 0.1) is 27.7 Å². The molecule has 2 aliphatic heterocycles. The molecular weight excluding hydrogens is 1040 g/mol. The lowest BCUT2D eigenvalue weighted by Gasteiger charge is -2.27. The van der Waals surface area contributed by atoms with E-state index in [0.717, 1.165) is 84.2 Å². The van der Waals surface area contributed by atoms with E-state index in [1.807, 2.05) is 58.0 Å². The predicted octanol–water partition coefficient (Wildman–Crippen LogP) is 9.04. The number of amides is 3. The van der Waals surface area contributed by atoms with E-state index in [1.54, 1.807) is 47.5 Å². The van der Waals surface area contributed by atoms with E-state index in [2.05, 4.69) is 32.0 Å². The number of hydrogen-bond donors (Lipinski definition) is 9. The molecule has 2 aromatic heterocycles. The molecule has 0 fully saturated rings. The van der Waals surface area contributed by atoms with E-state index >= 15 is 0 Å². The molecule has 0 saturated heterocycles. The Balaban J connectivity index is 0.000000295. The highest BCUT2D eigenvalue weighted by Gasteiger charge is 2.34. The number of aromatic nitrogens is 2. The number of urea groups is 1. The number of carbonyl (C=O) groups is 2. The summed E-state index contributed by atoms with van der Waals surface area (Å²) in [6.45, 7) is 9.76. The molecule has 5 aromatic rings. The second-order valence-electron chi connectivity index (χ2n) is 16.9. The Morgan fingerprint density at radius 1 is 0.747 bits per heavy atom. The van der Waals surface area contributed by atoms with Crippen molar-refractivity contribution in [2.24, 2.45) is 0 Å². The molecule has 9 N–H and O–H groups in total. The summed E-state index contributed by atoms with van der Waals surface area (Å²) in [4.78, 5) is 34.9. The van der Waals surface area contributed by atoms with Crippen molar-refractivity contribution >= 4 is 70.3 Å². The Morgan fingerprint density at radius 3 is 1.76 bits per heavy atom. The minimum absolute atomic E-state index is 0. The number of aliphatic hydroxyl groups is 6. The highest BCUT2D eigenvalue weighted by atomic mass is 35.5. The minimum atomic E-state index is -4.53.